The fourth-order valence-corrected chi connectivity index (χ4v) is 3.59. The lowest BCUT2D eigenvalue weighted by Crippen LogP contribution is -2.50. The highest BCUT2D eigenvalue weighted by Crippen LogP contribution is 2.35. The van der Waals surface area contributed by atoms with E-state index in [1.54, 1.807) is 6.92 Å². The van der Waals surface area contributed by atoms with Gasteiger partial charge in [-0.3, -0.25) is 4.90 Å². The second-order valence-electron chi connectivity index (χ2n) is 5.12. The molecular weight excluding hydrogens is 323 g/mol. The number of aromatic nitrogens is 1. The molecule has 2 rings (SSSR count). The summed E-state index contributed by atoms with van der Waals surface area (Å²) in [5, 5.41) is 3.79. The van der Waals surface area contributed by atoms with Crippen LogP contribution in [0.25, 0.3) is 0 Å². The monoisotopic (exact) mass is 343 g/mol. The van der Waals surface area contributed by atoms with Crippen LogP contribution in [0.5, 0.6) is 0 Å². The number of piperazine rings is 1. The van der Waals surface area contributed by atoms with Gasteiger partial charge in [0.05, 0.1) is 9.88 Å². The molecule has 0 saturated carbocycles. The van der Waals surface area contributed by atoms with Crippen LogP contribution in [0.4, 0.5) is 13.2 Å². The molecule has 1 atom stereocenters. The van der Waals surface area contributed by atoms with Crippen molar-refractivity contribution in [2.24, 2.45) is 0 Å². The highest BCUT2D eigenvalue weighted by atomic mass is 35.5. The van der Waals surface area contributed by atoms with Gasteiger partial charge in [-0.05, 0) is 13.3 Å². The van der Waals surface area contributed by atoms with Crippen LogP contribution >= 0.6 is 23.7 Å². The summed E-state index contributed by atoms with van der Waals surface area (Å²) in [6.45, 7) is 6.56. The zero-order valence-electron chi connectivity index (χ0n) is 12.2. The van der Waals surface area contributed by atoms with E-state index in [4.69, 9.17) is 0 Å². The Labute approximate surface area is 133 Å². The van der Waals surface area contributed by atoms with Crippen LogP contribution in [0.1, 0.15) is 35.3 Å². The first-order valence-electron chi connectivity index (χ1n) is 6.90. The van der Waals surface area contributed by atoms with Gasteiger partial charge in [-0.1, -0.05) is 13.3 Å². The lowest BCUT2D eigenvalue weighted by molar-refractivity contribution is -0.141. The number of hydrogen-bond donors (Lipinski definition) is 1. The molecule has 122 valence electrons. The third-order valence-corrected chi connectivity index (χ3v) is 4.47. The molecule has 0 radical (unpaired) electrons. The van der Waals surface area contributed by atoms with Gasteiger partial charge in [-0.25, -0.2) is 4.98 Å². The van der Waals surface area contributed by atoms with E-state index in [0.29, 0.717) is 22.5 Å². The van der Waals surface area contributed by atoms with Crippen LogP contribution in [-0.4, -0.2) is 35.6 Å². The predicted octanol–water partition coefficient (Wildman–Crippen LogP) is 3.47. The van der Waals surface area contributed by atoms with Gasteiger partial charge in [0.25, 0.3) is 0 Å². The summed E-state index contributed by atoms with van der Waals surface area (Å²) in [6.07, 6.45) is -2.31. The van der Waals surface area contributed by atoms with Gasteiger partial charge in [0, 0.05) is 32.2 Å². The van der Waals surface area contributed by atoms with E-state index in [2.05, 4.69) is 22.1 Å². The number of alkyl halides is 3. The van der Waals surface area contributed by atoms with E-state index >= 15 is 0 Å². The fourth-order valence-electron chi connectivity index (χ4n) is 2.61. The van der Waals surface area contributed by atoms with E-state index < -0.39 is 11.9 Å². The number of nitrogens with zero attached hydrogens (tertiary/aromatic N) is 2. The Bertz CT molecular complexity index is 448. The Hall–Kier alpha value is -0.370. The van der Waals surface area contributed by atoms with E-state index in [1.807, 2.05) is 0 Å². The first-order chi connectivity index (χ1) is 9.41. The molecule has 0 bridgehead atoms. The van der Waals surface area contributed by atoms with E-state index in [-0.39, 0.29) is 12.4 Å². The summed E-state index contributed by atoms with van der Waals surface area (Å²) in [5.41, 5.74) is -0.700. The summed E-state index contributed by atoms with van der Waals surface area (Å²) >= 11 is 1.16. The minimum Gasteiger partial charge on any atom is -0.314 e. The van der Waals surface area contributed by atoms with Crippen LogP contribution in [0.15, 0.2) is 0 Å². The Balaban J connectivity index is 0.00000220. The second kappa shape index (κ2) is 7.76. The molecule has 1 fully saturated rings. The van der Waals surface area contributed by atoms with Crippen molar-refractivity contribution in [3.05, 3.63) is 15.6 Å². The minimum atomic E-state index is -4.35. The quantitative estimate of drug-likeness (QED) is 0.907. The highest BCUT2D eigenvalue weighted by molar-refractivity contribution is 7.11. The average Bonchev–Trinajstić information content (AvgIpc) is 2.73. The van der Waals surface area contributed by atoms with Crippen LogP contribution in [-0.2, 0) is 12.7 Å². The highest BCUT2D eigenvalue weighted by Gasteiger charge is 2.38. The molecule has 1 N–H and O–H groups in total. The maximum Gasteiger partial charge on any atom is 0.434 e. The molecule has 0 amide bonds. The molecule has 1 aromatic rings. The lowest BCUT2D eigenvalue weighted by atomic mass is 10.1. The summed E-state index contributed by atoms with van der Waals surface area (Å²) in [5.74, 6) is 0. The zero-order chi connectivity index (χ0) is 14.8. The van der Waals surface area contributed by atoms with Crippen molar-refractivity contribution in [3.8, 4) is 0 Å². The van der Waals surface area contributed by atoms with Crippen LogP contribution < -0.4 is 5.32 Å². The summed E-state index contributed by atoms with van der Waals surface area (Å²) < 4.78 is 38.9. The Morgan fingerprint density at radius 2 is 2.14 bits per heavy atom. The Kier molecular flexibility index (Phi) is 6.90. The van der Waals surface area contributed by atoms with Crippen molar-refractivity contribution < 1.29 is 13.2 Å². The number of nitrogens with one attached hydrogen (secondary N) is 1. The predicted molar refractivity (Wildman–Crippen MR) is 81.1 cm³/mol. The van der Waals surface area contributed by atoms with Crippen LogP contribution in [0.2, 0.25) is 0 Å². The maximum atomic E-state index is 13.0. The van der Waals surface area contributed by atoms with Crippen molar-refractivity contribution in [3.63, 3.8) is 0 Å². The Morgan fingerprint density at radius 1 is 1.43 bits per heavy atom. The maximum absolute atomic E-state index is 13.0. The number of halogens is 4. The number of aryl methyl sites for hydroxylation is 1. The molecule has 1 aliphatic rings. The topological polar surface area (TPSA) is 28.2 Å². The van der Waals surface area contributed by atoms with Gasteiger partial charge in [0.15, 0.2) is 5.69 Å². The van der Waals surface area contributed by atoms with Gasteiger partial charge >= 0.3 is 6.18 Å². The van der Waals surface area contributed by atoms with Crippen molar-refractivity contribution in [1.82, 2.24) is 15.2 Å². The van der Waals surface area contributed by atoms with Crippen molar-refractivity contribution in [2.45, 2.75) is 45.5 Å². The van der Waals surface area contributed by atoms with Gasteiger partial charge in [0.1, 0.15) is 0 Å². The van der Waals surface area contributed by atoms with Crippen molar-refractivity contribution in [1.29, 1.82) is 0 Å². The molecule has 8 heteroatoms. The largest absolute Gasteiger partial charge is 0.434 e. The Morgan fingerprint density at radius 3 is 2.76 bits per heavy atom. The number of thiazole rings is 1. The molecule has 0 aromatic carbocycles. The minimum absolute atomic E-state index is 0. The first-order valence-corrected chi connectivity index (χ1v) is 7.71. The summed E-state index contributed by atoms with van der Waals surface area (Å²) in [4.78, 5) is 6.17. The molecule has 0 aliphatic carbocycles. The third kappa shape index (κ3) is 4.81. The molecule has 0 spiro atoms. The number of rotatable bonds is 4. The third-order valence-electron chi connectivity index (χ3n) is 3.51. The van der Waals surface area contributed by atoms with E-state index in [0.717, 1.165) is 43.8 Å². The SMILES string of the molecule is CCCC1CNCCN1Cc1sc(C)nc1C(F)(F)F.Cl. The van der Waals surface area contributed by atoms with Crippen LogP contribution in [0.3, 0.4) is 0 Å². The summed E-state index contributed by atoms with van der Waals surface area (Å²) in [7, 11) is 0. The number of hydrogen-bond acceptors (Lipinski definition) is 4. The van der Waals surface area contributed by atoms with Crippen molar-refractivity contribution in [2.75, 3.05) is 19.6 Å². The molecule has 21 heavy (non-hydrogen) atoms. The standard InChI is InChI=1S/C13H20F3N3S.ClH/c1-3-4-10-7-17-5-6-19(10)8-11-12(13(14,15)16)18-9(2)20-11;/h10,17H,3-8H2,1-2H3;1H. The van der Waals surface area contributed by atoms with Gasteiger partial charge < -0.3 is 5.32 Å². The molecule has 3 nitrogen and oxygen atoms in total. The molecule has 1 aromatic heterocycles. The molecular formula is C13H21ClF3N3S. The molecule has 1 saturated heterocycles. The van der Waals surface area contributed by atoms with Gasteiger partial charge in [0.2, 0.25) is 0 Å². The first kappa shape index (κ1) is 18.7. The second-order valence-corrected chi connectivity index (χ2v) is 6.41. The molecule has 2 heterocycles. The molecule has 1 unspecified atom stereocenters. The van der Waals surface area contributed by atoms with E-state index in [1.165, 1.54) is 0 Å². The molecule has 1 aliphatic heterocycles. The fraction of sp³-hybridized carbons (Fsp3) is 0.769. The van der Waals surface area contributed by atoms with Gasteiger partial charge in [-0.15, -0.1) is 23.7 Å². The van der Waals surface area contributed by atoms with E-state index in [9.17, 15) is 13.2 Å². The summed E-state index contributed by atoms with van der Waals surface area (Å²) in [6, 6.07) is 0.317. The smallest absolute Gasteiger partial charge is 0.314 e. The average molecular weight is 344 g/mol. The zero-order valence-corrected chi connectivity index (χ0v) is 13.8. The van der Waals surface area contributed by atoms with Crippen LogP contribution in [0, 0.1) is 6.92 Å². The van der Waals surface area contributed by atoms with Gasteiger partial charge in [-0.2, -0.15) is 13.2 Å². The van der Waals surface area contributed by atoms with Crippen molar-refractivity contribution >= 4 is 23.7 Å². The lowest BCUT2D eigenvalue weighted by Gasteiger charge is -2.36. The normalized spacial score (nSPS) is 20.3.